The molecule has 3 aromatic rings. The highest BCUT2D eigenvalue weighted by Crippen LogP contribution is 2.21. The predicted molar refractivity (Wildman–Crippen MR) is 101 cm³/mol. The number of thiophene rings is 1. The van der Waals surface area contributed by atoms with Crippen molar-refractivity contribution in [1.29, 1.82) is 0 Å². The first-order chi connectivity index (χ1) is 12.1. The van der Waals surface area contributed by atoms with E-state index in [1.807, 2.05) is 23.6 Å². The summed E-state index contributed by atoms with van der Waals surface area (Å²) < 4.78 is 5.80. The van der Waals surface area contributed by atoms with Crippen LogP contribution in [0.1, 0.15) is 40.6 Å². The van der Waals surface area contributed by atoms with E-state index in [0.29, 0.717) is 17.4 Å². The number of carbonyl (C=O) groups is 1. The quantitative estimate of drug-likeness (QED) is 0.671. The fourth-order valence-corrected chi connectivity index (χ4v) is 3.11. The molecule has 0 atom stereocenters. The number of benzene rings is 1. The van der Waals surface area contributed by atoms with Gasteiger partial charge in [-0.2, -0.15) is 0 Å². The number of nitrogens with one attached hydrogen (secondary N) is 1. The molecular weight excluding hydrogens is 332 g/mol. The van der Waals surface area contributed by atoms with Crippen LogP contribution in [0.25, 0.3) is 0 Å². The molecule has 3 rings (SSSR count). The van der Waals surface area contributed by atoms with Gasteiger partial charge in [0.05, 0.1) is 4.88 Å². The number of aromatic nitrogens is 1. The molecule has 0 aliphatic rings. The van der Waals surface area contributed by atoms with E-state index in [-0.39, 0.29) is 5.91 Å². The van der Waals surface area contributed by atoms with Crippen molar-refractivity contribution in [2.45, 2.75) is 26.4 Å². The number of anilines is 1. The average Bonchev–Trinajstić information content (AvgIpc) is 3.10. The van der Waals surface area contributed by atoms with Gasteiger partial charge in [-0.05, 0) is 47.2 Å². The first-order valence-electron chi connectivity index (χ1n) is 8.13. The predicted octanol–water partition coefficient (Wildman–Crippen LogP) is 5.10. The molecule has 0 saturated heterocycles. The van der Waals surface area contributed by atoms with Crippen molar-refractivity contribution < 1.29 is 9.53 Å². The van der Waals surface area contributed by atoms with Crippen LogP contribution >= 0.6 is 11.3 Å². The summed E-state index contributed by atoms with van der Waals surface area (Å²) in [6.07, 6.45) is 3.29. The number of pyridine rings is 1. The third-order valence-corrected chi connectivity index (χ3v) is 4.75. The Hall–Kier alpha value is -2.66. The van der Waals surface area contributed by atoms with Gasteiger partial charge in [-0.25, -0.2) is 0 Å². The molecule has 0 fully saturated rings. The first-order valence-corrected chi connectivity index (χ1v) is 9.01. The summed E-state index contributed by atoms with van der Waals surface area (Å²) in [7, 11) is 0. The molecule has 4 nitrogen and oxygen atoms in total. The molecule has 0 saturated carbocycles. The molecule has 0 radical (unpaired) electrons. The maximum atomic E-state index is 12.2. The Kier molecular flexibility index (Phi) is 5.46. The van der Waals surface area contributed by atoms with Crippen LogP contribution in [0.15, 0.2) is 60.2 Å². The Bertz CT molecular complexity index is 826. The van der Waals surface area contributed by atoms with Crippen LogP contribution in [0, 0.1) is 0 Å². The van der Waals surface area contributed by atoms with E-state index >= 15 is 0 Å². The zero-order valence-electron chi connectivity index (χ0n) is 14.2. The van der Waals surface area contributed by atoms with Crippen LogP contribution in [-0.2, 0) is 6.61 Å². The van der Waals surface area contributed by atoms with Crippen LogP contribution in [0.5, 0.6) is 5.75 Å². The van der Waals surface area contributed by atoms with E-state index in [2.05, 4.69) is 36.3 Å². The molecule has 128 valence electrons. The lowest BCUT2D eigenvalue weighted by Crippen LogP contribution is -2.10. The zero-order chi connectivity index (χ0) is 17.6. The van der Waals surface area contributed by atoms with E-state index in [4.69, 9.17) is 4.74 Å². The van der Waals surface area contributed by atoms with Crippen molar-refractivity contribution in [3.8, 4) is 5.75 Å². The summed E-state index contributed by atoms with van der Waals surface area (Å²) in [4.78, 5) is 16.8. The van der Waals surface area contributed by atoms with Crippen LogP contribution < -0.4 is 10.1 Å². The summed E-state index contributed by atoms with van der Waals surface area (Å²) in [5, 5.41) is 4.80. The molecule has 0 aliphatic heterocycles. The standard InChI is InChI=1S/C20H20N2O2S/c1-14(2)16-3-5-18(6-4-16)24-12-15-11-19(25-13-15)20(23)22-17-7-9-21-10-8-17/h3-11,13-14H,12H2,1-2H3,(H,21,22,23). The normalized spacial score (nSPS) is 10.7. The van der Waals surface area contributed by atoms with Crippen LogP contribution in [0.4, 0.5) is 5.69 Å². The molecule has 0 unspecified atom stereocenters. The molecule has 0 aliphatic carbocycles. The second-order valence-electron chi connectivity index (χ2n) is 6.02. The van der Waals surface area contributed by atoms with Crippen molar-refractivity contribution in [2.75, 3.05) is 5.32 Å². The van der Waals surface area contributed by atoms with Crippen LogP contribution in [0.3, 0.4) is 0 Å². The number of hydrogen-bond acceptors (Lipinski definition) is 4. The van der Waals surface area contributed by atoms with Crippen molar-refractivity contribution in [3.05, 3.63) is 76.2 Å². The molecule has 2 aromatic heterocycles. The van der Waals surface area contributed by atoms with Crippen molar-refractivity contribution >= 4 is 22.9 Å². The van der Waals surface area contributed by atoms with E-state index < -0.39 is 0 Å². The molecule has 5 heteroatoms. The first kappa shape index (κ1) is 17.2. The topological polar surface area (TPSA) is 51.2 Å². The lowest BCUT2D eigenvalue weighted by molar-refractivity contribution is 0.103. The number of nitrogens with zero attached hydrogens (tertiary/aromatic N) is 1. The van der Waals surface area contributed by atoms with Gasteiger partial charge in [0.25, 0.3) is 5.91 Å². The van der Waals surface area contributed by atoms with Gasteiger partial charge in [-0.1, -0.05) is 26.0 Å². The van der Waals surface area contributed by atoms with E-state index in [1.165, 1.54) is 16.9 Å². The molecule has 0 spiro atoms. The highest BCUT2D eigenvalue weighted by atomic mass is 32.1. The molecule has 25 heavy (non-hydrogen) atoms. The number of hydrogen-bond donors (Lipinski definition) is 1. The second kappa shape index (κ2) is 7.94. The molecule has 1 N–H and O–H groups in total. The monoisotopic (exact) mass is 352 g/mol. The Morgan fingerprint density at radius 2 is 1.88 bits per heavy atom. The summed E-state index contributed by atoms with van der Waals surface area (Å²) in [6, 6.07) is 13.5. The number of rotatable bonds is 6. The van der Waals surface area contributed by atoms with E-state index in [9.17, 15) is 4.79 Å². The van der Waals surface area contributed by atoms with Gasteiger partial charge in [0.1, 0.15) is 12.4 Å². The second-order valence-corrected chi connectivity index (χ2v) is 6.93. The van der Waals surface area contributed by atoms with E-state index in [0.717, 1.165) is 17.0 Å². The minimum Gasteiger partial charge on any atom is -0.489 e. The maximum absolute atomic E-state index is 12.2. The lowest BCUT2D eigenvalue weighted by atomic mass is 10.0. The third-order valence-electron chi connectivity index (χ3n) is 3.77. The zero-order valence-corrected chi connectivity index (χ0v) is 15.0. The highest BCUT2D eigenvalue weighted by Gasteiger charge is 2.10. The van der Waals surface area contributed by atoms with Crippen molar-refractivity contribution in [3.63, 3.8) is 0 Å². The van der Waals surface area contributed by atoms with Gasteiger partial charge in [-0.3, -0.25) is 9.78 Å². The SMILES string of the molecule is CC(C)c1ccc(OCc2csc(C(=O)Nc3ccncc3)c2)cc1. The number of carbonyl (C=O) groups excluding carboxylic acids is 1. The maximum Gasteiger partial charge on any atom is 0.265 e. The summed E-state index contributed by atoms with van der Waals surface area (Å²) in [5.41, 5.74) is 3.01. The van der Waals surface area contributed by atoms with E-state index in [1.54, 1.807) is 24.5 Å². The lowest BCUT2D eigenvalue weighted by Gasteiger charge is -2.08. The Morgan fingerprint density at radius 3 is 2.56 bits per heavy atom. The molecule has 1 aromatic carbocycles. The van der Waals surface area contributed by atoms with Gasteiger partial charge >= 0.3 is 0 Å². The summed E-state index contributed by atoms with van der Waals surface area (Å²) in [6.45, 7) is 4.78. The van der Waals surface area contributed by atoms with Gasteiger partial charge < -0.3 is 10.1 Å². The van der Waals surface area contributed by atoms with Gasteiger partial charge in [0.15, 0.2) is 0 Å². The van der Waals surface area contributed by atoms with Crippen LogP contribution in [0.2, 0.25) is 0 Å². The minimum absolute atomic E-state index is 0.122. The summed E-state index contributed by atoms with van der Waals surface area (Å²) >= 11 is 1.41. The Balaban J connectivity index is 1.57. The minimum atomic E-state index is -0.122. The molecule has 1 amide bonds. The Morgan fingerprint density at radius 1 is 1.16 bits per heavy atom. The molecule has 0 bridgehead atoms. The van der Waals surface area contributed by atoms with Crippen LogP contribution in [-0.4, -0.2) is 10.9 Å². The number of ether oxygens (including phenoxy) is 1. The smallest absolute Gasteiger partial charge is 0.265 e. The molecule has 2 heterocycles. The highest BCUT2D eigenvalue weighted by molar-refractivity contribution is 7.12. The van der Waals surface area contributed by atoms with Crippen molar-refractivity contribution in [1.82, 2.24) is 4.98 Å². The average molecular weight is 352 g/mol. The Labute approximate surface area is 151 Å². The van der Waals surface area contributed by atoms with Crippen molar-refractivity contribution in [2.24, 2.45) is 0 Å². The van der Waals surface area contributed by atoms with Gasteiger partial charge in [0.2, 0.25) is 0 Å². The largest absolute Gasteiger partial charge is 0.489 e. The van der Waals surface area contributed by atoms with Gasteiger partial charge in [-0.15, -0.1) is 11.3 Å². The fourth-order valence-electron chi connectivity index (χ4n) is 2.31. The third kappa shape index (κ3) is 4.67. The number of amides is 1. The van der Waals surface area contributed by atoms with Gasteiger partial charge in [0, 0.05) is 23.6 Å². The molecular formula is C20H20N2O2S. The fraction of sp³-hybridized carbons (Fsp3) is 0.200. The summed E-state index contributed by atoms with van der Waals surface area (Å²) in [5.74, 6) is 1.22.